The van der Waals surface area contributed by atoms with Gasteiger partial charge in [-0.15, -0.1) is 0 Å². The maximum Gasteiger partial charge on any atom is 0.387 e. The molecule has 0 aliphatic rings. The minimum absolute atomic E-state index is 0.0333. The van der Waals surface area contributed by atoms with Gasteiger partial charge in [0, 0.05) is 0 Å². The van der Waals surface area contributed by atoms with Crippen LogP contribution in [0.5, 0.6) is 5.75 Å². The van der Waals surface area contributed by atoms with Gasteiger partial charge in [-0.05, 0) is 34.1 Å². The molecule has 0 fully saturated rings. The summed E-state index contributed by atoms with van der Waals surface area (Å²) in [4.78, 5) is 0. The van der Waals surface area contributed by atoms with Crippen LogP contribution < -0.4 is 4.74 Å². The summed E-state index contributed by atoms with van der Waals surface area (Å²) in [5, 5.41) is 8.48. The van der Waals surface area contributed by atoms with E-state index < -0.39 is 6.61 Å². The molecule has 68 valence electrons. The number of hydrogen-bond acceptors (Lipinski definition) is 2. The fraction of sp³-hybridized carbons (Fsp3) is 0.125. The Bertz CT molecular complexity index is 348. The molecule has 1 aromatic rings. The molecule has 0 spiro atoms. The number of rotatable bonds is 2. The topological polar surface area (TPSA) is 33.0 Å². The van der Waals surface area contributed by atoms with Gasteiger partial charge in [-0.25, -0.2) is 0 Å². The molecular formula is C8H4BrF2NO. The first-order valence-corrected chi connectivity index (χ1v) is 4.07. The lowest BCUT2D eigenvalue weighted by Crippen LogP contribution is -2.02. The molecule has 0 radical (unpaired) electrons. The first kappa shape index (κ1) is 9.93. The highest BCUT2D eigenvalue weighted by atomic mass is 79.9. The van der Waals surface area contributed by atoms with Crippen LogP contribution in [0.3, 0.4) is 0 Å². The normalized spacial score (nSPS) is 9.77. The third-order valence-electron chi connectivity index (χ3n) is 1.28. The van der Waals surface area contributed by atoms with Gasteiger partial charge < -0.3 is 4.74 Å². The maximum absolute atomic E-state index is 11.8. The van der Waals surface area contributed by atoms with Crippen molar-refractivity contribution >= 4 is 15.9 Å². The summed E-state index contributed by atoms with van der Waals surface area (Å²) in [7, 11) is 0. The number of nitrogens with zero attached hydrogens (tertiary/aromatic N) is 1. The standard InChI is InChI=1S/C8H4BrF2NO/c9-6-2-1-5(4-12)3-7(6)13-8(10)11/h1-3,8H. The molecule has 1 aromatic carbocycles. The lowest BCUT2D eigenvalue weighted by atomic mass is 10.2. The van der Waals surface area contributed by atoms with E-state index in [9.17, 15) is 8.78 Å². The zero-order valence-electron chi connectivity index (χ0n) is 6.30. The van der Waals surface area contributed by atoms with Gasteiger partial charge in [-0.1, -0.05) is 0 Å². The summed E-state index contributed by atoms with van der Waals surface area (Å²) >= 11 is 3.02. The summed E-state index contributed by atoms with van der Waals surface area (Å²) in [6.07, 6.45) is 0. The Labute approximate surface area is 81.9 Å². The second kappa shape index (κ2) is 4.19. The van der Waals surface area contributed by atoms with E-state index in [1.165, 1.54) is 18.2 Å². The van der Waals surface area contributed by atoms with E-state index >= 15 is 0 Å². The quantitative estimate of drug-likeness (QED) is 0.806. The zero-order chi connectivity index (χ0) is 9.84. The highest BCUT2D eigenvalue weighted by molar-refractivity contribution is 9.10. The van der Waals surface area contributed by atoms with Gasteiger partial charge in [0.2, 0.25) is 0 Å². The van der Waals surface area contributed by atoms with Gasteiger partial charge in [-0.3, -0.25) is 0 Å². The minimum atomic E-state index is -2.88. The molecule has 0 saturated heterocycles. The van der Waals surface area contributed by atoms with Crippen molar-refractivity contribution < 1.29 is 13.5 Å². The highest BCUT2D eigenvalue weighted by Crippen LogP contribution is 2.27. The number of benzene rings is 1. The Kier molecular flexibility index (Phi) is 3.20. The van der Waals surface area contributed by atoms with Crippen molar-refractivity contribution in [2.75, 3.05) is 0 Å². The van der Waals surface area contributed by atoms with Crippen molar-refractivity contribution in [3.63, 3.8) is 0 Å². The molecule has 0 aromatic heterocycles. The number of ether oxygens (including phenoxy) is 1. The first-order valence-electron chi connectivity index (χ1n) is 3.28. The SMILES string of the molecule is N#Cc1ccc(Br)c(OC(F)F)c1. The van der Waals surface area contributed by atoms with Gasteiger partial charge in [0.25, 0.3) is 0 Å². The third-order valence-corrected chi connectivity index (χ3v) is 1.93. The van der Waals surface area contributed by atoms with Gasteiger partial charge >= 0.3 is 6.61 Å². The van der Waals surface area contributed by atoms with E-state index in [-0.39, 0.29) is 11.3 Å². The Morgan fingerprint density at radius 1 is 1.46 bits per heavy atom. The second-order valence-electron chi connectivity index (χ2n) is 2.14. The summed E-state index contributed by atoms with van der Waals surface area (Å²) in [6.45, 7) is -2.88. The van der Waals surface area contributed by atoms with Crippen LogP contribution in [0.4, 0.5) is 8.78 Å². The van der Waals surface area contributed by atoms with Gasteiger partial charge in [0.15, 0.2) is 0 Å². The third kappa shape index (κ3) is 2.67. The minimum Gasteiger partial charge on any atom is -0.434 e. The molecule has 0 aliphatic heterocycles. The van der Waals surface area contributed by atoms with E-state index in [0.717, 1.165) is 0 Å². The highest BCUT2D eigenvalue weighted by Gasteiger charge is 2.08. The zero-order valence-corrected chi connectivity index (χ0v) is 7.88. The molecule has 0 saturated carbocycles. The summed E-state index contributed by atoms with van der Waals surface area (Å²) < 4.78 is 28.2. The van der Waals surface area contributed by atoms with Crippen molar-refractivity contribution in [3.8, 4) is 11.8 Å². The molecule has 0 bridgehead atoms. The van der Waals surface area contributed by atoms with E-state index in [1.54, 1.807) is 0 Å². The van der Waals surface area contributed by atoms with Crippen LogP contribution in [0, 0.1) is 11.3 Å². The number of hydrogen-bond donors (Lipinski definition) is 0. The number of alkyl halides is 2. The molecule has 0 atom stereocenters. The monoisotopic (exact) mass is 247 g/mol. The van der Waals surface area contributed by atoms with Gasteiger partial charge in [0.05, 0.1) is 16.1 Å². The van der Waals surface area contributed by atoms with Crippen LogP contribution >= 0.6 is 15.9 Å². The van der Waals surface area contributed by atoms with Crippen LogP contribution in [-0.2, 0) is 0 Å². The lowest BCUT2D eigenvalue weighted by molar-refractivity contribution is -0.0503. The van der Waals surface area contributed by atoms with Crippen molar-refractivity contribution in [3.05, 3.63) is 28.2 Å². The fourth-order valence-corrected chi connectivity index (χ4v) is 1.10. The second-order valence-corrected chi connectivity index (χ2v) is 2.99. The average Bonchev–Trinajstić information content (AvgIpc) is 2.08. The summed E-state index contributed by atoms with van der Waals surface area (Å²) in [5.74, 6) is -0.0333. The molecule has 2 nitrogen and oxygen atoms in total. The molecule has 0 N–H and O–H groups in total. The molecule has 0 aliphatic carbocycles. The molecule has 13 heavy (non-hydrogen) atoms. The Balaban J connectivity index is 2.99. The van der Waals surface area contributed by atoms with Crippen LogP contribution in [-0.4, -0.2) is 6.61 Å². The predicted octanol–water partition coefficient (Wildman–Crippen LogP) is 2.92. The molecule has 1 rings (SSSR count). The summed E-state index contributed by atoms with van der Waals surface area (Å²) in [6, 6.07) is 6.05. The van der Waals surface area contributed by atoms with Crippen molar-refractivity contribution in [1.82, 2.24) is 0 Å². The van der Waals surface area contributed by atoms with Crippen LogP contribution in [0.1, 0.15) is 5.56 Å². The Morgan fingerprint density at radius 3 is 2.69 bits per heavy atom. The fourth-order valence-electron chi connectivity index (χ4n) is 0.759. The van der Waals surface area contributed by atoms with Crippen LogP contribution in [0.25, 0.3) is 0 Å². The van der Waals surface area contributed by atoms with Crippen molar-refractivity contribution in [2.24, 2.45) is 0 Å². The van der Waals surface area contributed by atoms with Crippen molar-refractivity contribution in [1.29, 1.82) is 5.26 Å². The smallest absolute Gasteiger partial charge is 0.387 e. The first-order chi connectivity index (χ1) is 6.13. The molecule has 0 unspecified atom stereocenters. The number of halogens is 3. The molecule has 5 heteroatoms. The van der Waals surface area contributed by atoms with E-state index in [1.807, 2.05) is 6.07 Å². The molecule has 0 heterocycles. The average molecular weight is 248 g/mol. The molecule has 0 amide bonds. The van der Waals surface area contributed by atoms with Gasteiger partial charge in [0.1, 0.15) is 5.75 Å². The van der Waals surface area contributed by atoms with Crippen LogP contribution in [0.15, 0.2) is 22.7 Å². The van der Waals surface area contributed by atoms with E-state index in [4.69, 9.17) is 5.26 Å². The molecular weight excluding hydrogens is 244 g/mol. The van der Waals surface area contributed by atoms with Gasteiger partial charge in [-0.2, -0.15) is 14.0 Å². The van der Waals surface area contributed by atoms with E-state index in [0.29, 0.717) is 4.47 Å². The summed E-state index contributed by atoms with van der Waals surface area (Å²) in [5.41, 5.74) is 0.277. The largest absolute Gasteiger partial charge is 0.434 e. The van der Waals surface area contributed by atoms with E-state index in [2.05, 4.69) is 20.7 Å². The number of nitriles is 1. The Hall–Kier alpha value is -1.15. The van der Waals surface area contributed by atoms with Crippen LogP contribution in [0.2, 0.25) is 0 Å². The maximum atomic E-state index is 11.8. The lowest BCUT2D eigenvalue weighted by Gasteiger charge is -2.05. The Morgan fingerprint density at radius 2 is 2.15 bits per heavy atom. The van der Waals surface area contributed by atoms with Crippen molar-refractivity contribution in [2.45, 2.75) is 6.61 Å². The predicted molar refractivity (Wildman–Crippen MR) is 45.5 cm³/mol.